The molecule has 1 heterocycles. The van der Waals surface area contributed by atoms with Crippen LogP contribution in [0.3, 0.4) is 0 Å². The van der Waals surface area contributed by atoms with E-state index in [2.05, 4.69) is 21.9 Å². The Balaban J connectivity index is 1.61. The monoisotopic (exact) mass is 480 g/mol. The number of sulfonamides is 1. The Hall–Kier alpha value is -3.27. The summed E-state index contributed by atoms with van der Waals surface area (Å²) in [4.78, 5) is 16.1. The van der Waals surface area contributed by atoms with Crippen LogP contribution < -0.4 is 10.0 Å². The summed E-state index contributed by atoms with van der Waals surface area (Å²) in [5.41, 5.74) is 2.17. The molecule has 2 atom stereocenters. The first-order valence-electron chi connectivity index (χ1n) is 11.1. The number of ketones is 1. The Bertz CT molecular complexity index is 1360. The van der Waals surface area contributed by atoms with Gasteiger partial charge in [0.2, 0.25) is 10.0 Å². The highest BCUT2D eigenvalue weighted by Crippen LogP contribution is 2.39. The highest BCUT2D eigenvalue weighted by atomic mass is 32.2. The summed E-state index contributed by atoms with van der Waals surface area (Å²) in [5.74, 6) is -0.0978. The van der Waals surface area contributed by atoms with Crippen molar-refractivity contribution in [1.82, 2.24) is 15.0 Å². The van der Waals surface area contributed by atoms with Gasteiger partial charge in [-0.1, -0.05) is 50.2 Å². The summed E-state index contributed by atoms with van der Waals surface area (Å²) >= 11 is 0. The van der Waals surface area contributed by atoms with E-state index in [1.807, 2.05) is 14.0 Å². The van der Waals surface area contributed by atoms with Gasteiger partial charge < -0.3 is 15.4 Å². The second-order valence-corrected chi connectivity index (χ2v) is 10.5. The van der Waals surface area contributed by atoms with Crippen LogP contribution in [-0.2, 0) is 10.0 Å². The number of aromatic nitrogens is 1. The molecule has 3 aromatic rings. The van der Waals surface area contributed by atoms with Gasteiger partial charge in [-0.2, -0.15) is 0 Å². The van der Waals surface area contributed by atoms with Crippen molar-refractivity contribution in [3.8, 4) is 17.1 Å². The zero-order valence-electron chi connectivity index (χ0n) is 19.3. The first-order valence-corrected chi connectivity index (χ1v) is 12.6. The molecule has 0 spiro atoms. The Morgan fingerprint density at radius 3 is 2.24 bits per heavy atom. The molecule has 0 aliphatic heterocycles. The maximum atomic E-state index is 13.2. The molecule has 9 heteroatoms. The molecular weight excluding hydrogens is 452 g/mol. The minimum absolute atomic E-state index is 0.0650. The van der Waals surface area contributed by atoms with Crippen molar-refractivity contribution in [2.75, 3.05) is 20.1 Å². The molecule has 1 aliphatic rings. The molecule has 178 valence electrons. The average Bonchev–Trinajstić information content (AvgIpc) is 3.18. The lowest BCUT2D eigenvalue weighted by Gasteiger charge is -2.20. The van der Waals surface area contributed by atoms with Crippen LogP contribution in [0.4, 0.5) is 0 Å². The van der Waals surface area contributed by atoms with Crippen molar-refractivity contribution >= 4 is 21.5 Å². The van der Waals surface area contributed by atoms with Crippen molar-refractivity contribution < 1.29 is 18.3 Å². The van der Waals surface area contributed by atoms with Crippen LogP contribution in [-0.4, -0.2) is 50.1 Å². The van der Waals surface area contributed by atoms with E-state index in [9.17, 15) is 18.3 Å². The van der Waals surface area contributed by atoms with Gasteiger partial charge in [0.05, 0.1) is 27.4 Å². The predicted molar refractivity (Wildman–Crippen MR) is 131 cm³/mol. The SMILES string of the molecule is CNCC(C)C(C)CNS(=O)(=O)c1ccc(-c2[nH]c(O)c3c2C(=O)c2ccccc2C3=N)cc1. The zero-order chi connectivity index (χ0) is 24.6. The lowest BCUT2D eigenvalue weighted by molar-refractivity contribution is 0.103. The number of hydrogen-bond acceptors (Lipinski definition) is 6. The molecule has 0 amide bonds. The molecule has 1 aromatic heterocycles. The van der Waals surface area contributed by atoms with Crippen molar-refractivity contribution in [3.05, 3.63) is 70.8 Å². The van der Waals surface area contributed by atoms with Crippen molar-refractivity contribution in [1.29, 1.82) is 5.41 Å². The van der Waals surface area contributed by atoms with Gasteiger partial charge in [-0.05, 0) is 43.1 Å². The summed E-state index contributed by atoms with van der Waals surface area (Å²) in [7, 11) is -1.84. The average molecular weight is 481 g/mol. The molecule has 0 radical (unpaired) electrons. The third kappa shape index (κ3) is 4.18. The topological polar surface area (TPSA) is 135 Å². The number of fused-ring (bicyclic) bond motifs is 2. The van der Waals surface area contributed by atoms with Gasteiger partial charge in [0.15, 0.2) is 11.7 Å². The second kappa shape index (κ2) is 9.17. The van der Waals surface area contributed by atoms with Gasteiger partial charge in [0.1, 0.15) is 0 Å². The van der Waals surface area contributed by atoms with E-state index >= 15 is 0 Å². The van der Waals surface area contributed by atoms with E-state index < -0.39 is 10.0 Å². The van der Waals surface area contributed by atoms with Gasteiger partial charge in [-0.25, -0.2) is 13.1 Å². The minimum Gasteiger partial charge on any atom is -0.494 e. The Kier molecular flexibility index (Phi) is 6.44. The van der Waals surface area contributed by atoms with E-state index in [4.69, 9.17) is 5.41 Å². The van der Waals surface area contributed by atoms with Crippen LogP contribution in [0, 0.1) is 17.2 Å². The number of H-pyrrole nitrogens is 1. The second-order valence-electron chi connectivity index (χ2n) is 8.74. The van der Waals surface area contributed by atoms with Gasteiger partial charge in [-0.15, -0.1) is 0 Å². The van der Waals surface area contributed by atoms with E-state index in [0.717, 1.165) is 6.54 Å². The van der Waals surface area contributed by atoms with Gasteiger partial charge in [-0.3, -0.25) is 10.2 Å². The largest absolute Gasteiger partial charge is 0.494 e. The summed E-state index contributed by atoms with van der Waals surface area (Å²) in [5, 5.41) is 22.1. The fourth-order valence-corrected chi connectivity index (χ4v) is 5.34. The van der Waals surface area contributed by atoms with Crippen LogP contribution in [0.25, 0.3) is 11.3 Å². The van der Waals surface area contributed by atoms with E-state index in [1.165, 1.54) is 12.1 Å². The molecule has 8 nitrogen and oxygen atoms in total. The first kappa shape index (κ1) is 23.9. The van der Waals surface area contributed by atoms with Crippen LogP contribution in [0.1, 0.15) is 40.9 Å². The Labute approximate surface area is 199 Å². The van der Waals surface area contributed by atoms with Crippen molar-refractivity contribution in [3.63, 3.8) is 0 Å². The van der Waals surface area contributed by atoms with E-state index in [0.29, 0.717) is 34.8 Å². The van der Waals surface area contributed by atoms with Gasteiger partial charge in [0.25, 0.3) is 0 Å². The molecule has 34 heavy (non-hydrogen) atoms. The fourth-order valence-electron chi connectivity index (χ4n) is 4.19. The molecule has 5 N–H and O–H groups in total. The smallest absolute Gasteiger partial charge is 0.240 e. The summed E-state index contributed by atoms with van der Waals surface area (Å²) in [6.45, 7) is 5.18. The maximum absolute atomic E-state index is 13.2. The summed E-state index contributed by atoms with van der Waals surface area (Å²) in [6, 6.07) is 12.9. The third-order valence-corrected chi connectivity index (χ3v) is 7.88. The van der Waals surface area contributed by atoms with Crippen LogP contribution in [0.2, 0.25) is 0 Å². The molecule has 2 aromatic carbocycles. The maximum Gasteiger partial charge on any atom is 0.240 e. The highest BCUT2D eigenvalue weighted by molar-refractivity contribution is 7.89. The number of hydrogen-bond donors (Lipinski definition) is 5. The van der Waals surface area contributed by atoms with Gasteiger partial charge in [0, 0.05) is 17.7 Å². The molecule has 2 unspecified atom stereocenters. The Morgan fingerprint density at radius 2 is 1.59 bits per heavy atom. The number of aromatic amines is 1. The van der Waals surface area contributed by atoms with Crippen LogP contribution >= 0.6 is 0 Å². The molecule has 4 rings (SSSR count). The highest BCUT2D eigenvalue weighted by Gasteiger charge is 2.34. The standard InChI is InChI=1S/C25H28N4O4S/c1-14(12-27-3)15(2)13-28-34(32,33)17-10-8-16(9-11-17)23-21-20(25(31)29-23)22(26)18-6-4-5-7-19(18)24(21)30/h4-11,14-15,26-29,31H,12-13H2,1-3H3. The van der Waals surface area contributed by atoms with Crippen LogP contribution in [0.15, 0.2) is 53.4 Å². The van der Waals surface area contributed by atoms with E-state index in [1.54, 1.807) is 36.4 Å². The summed E-state index contributed by atoms with van der Waals surface area (Å²) in [6.07, 6.45) is 0. The lowest BCUT2D eigenvalue weighted by atomic mass is 9.84. The predicted octanol–water partition coefficient (Wildman–Crippen LogP) is 3.12. The quantitative estimate of drug-likeness (QED) is 0.264. The zero-order valence-corrected chi connectivity index (χ0v) is 20.1. The minimum atomic E-state index is -3.71. The van der Waals surface area contributed by atoms with E-state index in [-0.39, 0.29) is 39.3 Å². The molecule has 0 saturated carbocycles. The number of nitrogens with one attached hydrogen (secondary N) is 4. The fraction of sp³-hybridized carbons (Fsp3) is 0.280. The number of benzene rings is 2. The van der Waals surface area contributed by atoms with Crippen molar-refractivity contribution in [2.24, 2.45) is 11.8 Å². The molecule has 0 saturated heterocycles. The molecule has 0 fully saturated rings. The number of rotatable bonds is 8. The lowest BCUT2D eigenvalue weighted by Crippen LogP contribution is -2.33. The van der Waals surface area contributed by atoms with Crippen LogP contribution in [0.5, 0.6) is 5.88 Å². The Morgan fingerprint density at radius 1 is 0.971 bits per heavy atom. The molecular formula is C25H28N4O4S. The van der Waals surface area contributed by atoms with Gasteiger partial charge >= 0.3 is 0 Å². The number of carbonyl (C=O) groups is 1. The number of aromatic hydroxyl groups is 1. The molecule has 1 aliphatic carbocycles. The first-order chi connectivity index (χ1) is 16.2. The third-order valence-electron chi connectivity index (χ3n) is 6.44. The molecule has 0 bridgehead atoms. The summed E-state index contributed by atoms with van der Waals surface area (Å²) < 4.78 is 28.2. The van der Waals surface area contributed by atoms with Crippen molar-refractivity contribution in [2.45, 2.75) is 18.7 Å². The normalized spacial score (nSPS) is 15.0. The number of carbonyl (C=O) groups excluding carboxylic acids is 1.